The van der Waals surface area contributed by atoms with Gasteiger partial charge in [-0.1, -0.05) is 29.8 Å². The van der Waals surface area contributed by atoms with Crippen molar-refractivity contribution in [3.8, 4) is 11.3 Å². The second-order valence-corrected chi connectivity index (χ2v) is 4.29. The van der Waals surface area contributed by atoms with Crippen LogP contribution in [0.1, 0.15) is 11.3 Å². The Morgan fingerprint density at radius 1 is 1.25 bits per heavy atom. The van der Waals surface area contributed by atoms with Crippen LogP contribution < -0.4 is 5.32 Å². The Morgan fingerprint density at radius 2 is 2.06 bits per heavy atom. The fourth-order valence-corrected chi connectivity index (χ4v) is 2.06. The molecule has 1 aliphatic rings. The van der Waals surface area contributed by atoms with Crippen molar-refractivity contribution in [2.75, 3.05) is 6.54 Å². The Kier molecular flexibility index (Phi) is 2.26. The van der Waals surface area contributed by atoms with Gasteiger partial charge in [0.2, 0.25) is 0 Å². The van der Waals surface area contributed by atoms with Gasteiger partial charge in [0.15, 0.2) is 0 Å². The van der Waals surface area contributed by atoms with E-state index in [0.29, 0.717) is 0 Å². The summed E-state index contributed by atoms with van der Waals surface area (Å²) in [4.78, 5) is 0. The van der Waals surface area contributed by atoms with Crippen LogP contribution in [-0.2, 0) is 13.1 Å². The summed E-state index contributed by atoms with van der Waals surface area (Å²) in [6.07, 6.45) is 0. The van der Waals surface area contributed by atoms with Gasteiger partial charge in [-0.25, -0.2) is 0 Å². The lowest BCUT2D eigenvalue weighted by atomic mass is 10.1. The third kappa shape index (κ3) is 1.63. The first-order valence-electron chi connectivity index (χ1n) is 5.67. The Balaban J connectivity index is 2.00. The zero-order valence-corrected chi connectivity index (χ0v) is 9.40. The summed E-state index contributed by atoms with van der Waals surface area (Å²) in [5.41, 5.74) is 4.85. The number of hydrogen-bond donors (Lipinski definition) is 1. The maximum absolute atomic E-state index is 4.63. The molecule has 0 amide bonds. The Morgan fingerprint density at radius 3 is 2.81 bits per heavy atom. The smallest absolute Gasteiger partial charge is 0.0926 e. The van der Waals surface area contributed by atoms with Gasteiger partial charge in [-0.3, -0.25) is 4.68 Å². The van der Waals surface area contributed by atoms with Crippen molar-refractivity contribution in [2.24, 2.45) is 0 Å². The highest BCUT2D eigenvalue weighted by molar-refractivity contribution is 5.59. The molecule has 1 N–H and O–H groups in total. The highest BCUT2D eigenvalue weighted by atomic mass is 15.3. The zero-order valence-electron chi connectivity index (χ0n) is 9.40. The molecule has 0 spiro atoms. The number of aryl methyl sites for hydroxylation is 1. The number of hydrogen-bond acceptors (Lipinski definition) is 2. The van der Waals surface area contributed by atoms with E-state index in [2.05, 4.69) is 52.4 Å². The minimum Gasteiger partial charge on any atom is -0.309 e. The van der Waals surface area contributed by atoms with E-state index in [9.17, 15) is 0 Å². The monoisotopic (exact) mass is 213 g/mol. The van der Waals surface area contributed by atoms with Crippen molar-refractivity contribution >= 4 is 0 Å². The van der Waals surface area contributed by atoms with Crippen LogP contribution in [0.15, 0.2) is 30.3 Å². The average Bonchev–Trinajstić information content (AvgIpc) is 2.73. The molecule has 0 saturated carbocycles. The van der Waals surface area contributed by atoms with Gasteiger partial charge in [-0.05, 0) is 13.0 Å². The molecule has 0 aliphatic carbocycles. The van der Waals surface area contributed by atoms with Crippen LogP contribution in [-0.4, -0.2) is 16.3 Å². The Labute approximate surface area is 95.1 Å². The molecule has 1 aliphatic heterocycles. The summed E-state index contributed by atoms with van der Waals surface area (Å²) in [7, 11) is 0. The van der Waals surface area contributed by atoms with Gasteiger partial charge in [0.05, 0.1) is 17.9 Å². The average molecular weight is 213 g/mol. The number of nitrogens with one attached hydrogen (secondary N) is 1. The van der Waals surface area contributed by atoms with Crippen LogP contribution in [0, 0.1) is 6.92 Å². The maximum atomic E-state index is 4.63. The number of benzene rings is 1. The van der Waals surface area contributed by atoms with Crippen LogP contribution in [0.25, 0.3) is 11.3 Å². The molecular weight excluding hydrogens is 198 g/mol. The highest BCUT2D eigenvalue weighted by Crippen LogP contribution is 2.20. The van der Waals surface area contributed by atoms with Gasteiger partial charge in [0.1, 0.15) is 0 Å². The fraction of sp³-hybridized carbons (Fsp3) is 0.308. The Bertz CT molecular complexity index is 473. The predicted octanol–water partition coefficient (Wildman–Crippen LogP) is 1.96. The number of fused-ring (bicyclic) bond motifs is 1. The molecule has 0 radical (unpaired) electrons. The second kappa shape index (κ2) is 3.76. The predicted molar refractivity (Wildman–Crippen MR) is 64.1 cm³/mol. The second-order valence-electron chi connectivity index (χ2n) is 4.29. The van der Waals surface area contributed by atoms with Crippen LogP contribution in [0.4, 0.5) is 0 Å². The first-order valence-corrected chi connectivity index (χ1v) is 5.67. The van der Waals surface area contributed by atoms with Crippen LogP contribution in [0.5, 0.6) is 0 Å². The molecule has 1 aromatic heterocycles. The molecule has 2 heterocycles. The van der Waals surface area contributed by atoms with Gasteiger partial charge in [0, 0.05) is 18.7 Å². The molecule has 0 unspecified atom stereocenters. The minimum atomic E-state index is 0.929. The summed E-state index contributed by atoms with van der Waals surface area (Å²) in [5, 5.41) is 7.98. The molecule has 0 bridgehead atoms. The van der Waals surface area contributed by atoms with Crippen molar-refractivity contribution in [3.05, 3.63) is 41.6 Å². The molecule has 3 heteroatoms. The first kappa shape index (κ1) is 9.60. The van der Waals surface area contributed by atoms with Crippen molar-refractivity contribution in [3.63, 3.8) is 0 Å². The lowest BCUT2D eigenvalue weighted by molar-refractivity contribution is 0.476. The highest BCUT2D eigenvalue weighted by Gasteiger charge is 2.12. The standard InChI is InChI=1S/C13H15N3/c1-10-2-4-11(5-3-10)13-8-12-9-14-6-7-16(12)15-13/h2-5,8,14H,6-7,9H2,1H3. The van der Waals surface area contributed by atoms with E-state index in [-0.39, 0.29) is 0 Å². The molecule has 0 atom stereocenters. The summed E-state index contributed by atoms with van der Waals surface area (Å²) in [6.45, 7) is 5.02. The van der Waals surface area contributed by atoms with E-state index in [1.165, 1.54) is 16.8 Å². The molecule has 0 saturated heterocycles. The SMILES string of the molecule is Cc1ccc(-c2cc3n(n2)CCNC3)cc1. The quantitative estimate of drug-likeness (QED) is 0.784. The lowest BCUT2D eigenvalue weighted by Crippen LogP contribution is -2.28. The van der Waals surface area contributed by atoms with E-state index in [0.717, 1.165) is 25.3 Å². The molecule has 16 heavy (non-hydrogen) atoms. The van der Waals surface area contributed by atoms with Crippen LogP contribution in [0.2, 0.25) is 0 Å². The van der Waals surface area contributed by atoms with Crippen molar-refractivity contribution in [1.29, 1.82) is 0 Å². The van der Waals surface area contributed by atoms with Gasteiger partial charge in [0.25, 0.3) is 0 Å². The van der Waals surface area contributed by atoms with E-state index in [4.69, 9.17) is 0 Å². The molecule has 1 aromatic carbocycles. The summed E-state index contributed by atoms with van der Waals surface area (Å²) < 4.78 is 2.10. The summed E-state index contributed by atoms with van der Waals surface area (Å²) in [6, 6.07) is 10.7. The molecule has 82 valence electrons. The zero-order chi connectivity index (χ0) is 11.0. The van der Waals surface area contributed by atoms with Crippen molar-refractivity contribution in [1.82, 2.24) is 15.1 Å². The van der Waals surface area contributed by atoms with Gasteiger partial charge >= 0.3 is 0 Å². The first-order chi connectivity index (χ1) is 7.83. The topological polar surface area (TPSA) is 29.9 Å². The third-order valence-electron chi connectivity index (χ3n) is 3.02. The lowest BCUT2D eigenvalue weighted by Gasteiger charge is -2.13. The fourth-order valence-electron chi connectivity index (χ4n) is 2.06. The Hall–Kier alpha value is -1.61. The summed E-state index contributed by atoms with van der Waals surface area (Å²) in [5.74, 6) is 0. The van der Waals surface area contributed by atoms with E-state index < -0.39 is 0 Å². The molecule has 0 fully saturated rings. The largest absolute Gasteiger partial charge is 0.309 e. The molecule has 2 aromatic rings. The van der Waals surface area contributed by atoms with Crippen molar-refractivity contribution < 1.29 is 0 Å². The van der Waals surface area contributed by atoms with Crippen LogP contribution in [0.3, 0.4) is 0 Å². The van der Waals surface area contributed by atoms with Gasteiger partial charge in [-0.2, -0.15) is 5.10 Å². The van der Waals surface area contributed by atoms with Gasteiger partial charge < -0.3 is 5.32 Å². The third-order valence-corrected chi connectivity index (χ3v) is 3.02. The number of aromatic nitrogens is 2. The van der Waals surface area contributed by atoms with E-state index >= 15 is 0 Å². The number of rotatable bonds is 1. The molecule has 3 rings (SSSR count). The summed E-state index contributed by atoms with van der Waals surface area (Å²) >= 11 is 0. The minimum absolute atomic E-state index is 0.929. The molecular formula is C13H15N3. The van der Waals surface area contributed by atoms with Gasteiger partial charge in [-0.15, -0.1) is 0 Å². The maximum Gasteiger partial charge on any atom is 0.0926 e. The van der Waals surface area contributed by atoms with Crippen molar-refractivity contribution in [2.45, 2.75) is 20.0 Å². The van der Waals surface area contributed by atoms with E-state index in [1.54, 1.807) is 0 Å². The van der Waals surface area contributed by atoms with Crippen LogP contribution >= 0.6 is 0 Å². The van der Waals surface area contributed by atoms with E-state index in [1.807, 2.05) is 0 Å². The number of nitrogens with zero attached hydrogens (tertiary/aromatic N) is 2. The molecule has 3 nitrogen and oxygen atoms in total. The normalized spacial score (nSPS) is 14.8.